The summed E-state index contributed by atoms with van der Waals surface area (Å²) in [5.41, 5.74) is 3.99. The van der Waals surface area contributed by atoms with Crippen molar-refractivity contribution in [2.24, 2.45) is 0 Å². The van der Waals surface area contributed by atoms with Gasteiger partial charge in [0.2, 0.25) is 0 Å². The molecule has 2 heterocycles. The molecule has 0 aliphatic carbocycles. The van der Waals surface area contributed by atoms with Crippen LogP contribution in [0.25, 0.3) is 0 Å². The van der Waals surface area contributed by atoms with E-state index in [1.54, 1.807) is 7.11 Å². The predicted molar refractivity (Wildman–Crippen MR) is 79.0 cm³/mol. The van der Waals surface area contributed by atoms with E-state index in [0.717, 1.165) is 31.7 Å². The number of nitrogens with zero attached hydrogens (tertiary/aromatic N) is 2. The molecule has 1 unspecified atom stereocenters. The smallest absolute Gasteiger partial charge is 0.122 e. The molecular formula is C16H21N3O. The van der Waals surface area contributed by atoms with E-state index in [9.17, 15) is 0 Å². The van der Waals surface area contributed by atoms with Crippen molar-refractivity contribution in [1.29, 1.82) is 0 Å². The quantitative estimate of drug-likeness (QED) is 0.927. The second-order valence-corrected chi connectivity index (χ2v) is 5.19. The second-order valence-electron chi connectivity index (χ2n) is 5.19. The minimum Gasteiger partial charge on any atom is -0.496 e. The maximum absolute atomic E-state index is 5.49. The molecule has 3 rings (SSSR count). The largest absolute Gasteiger partial charge is 0.496 e. The zero-order chi connectivity index (χ0) is 13.9. The van der Waals surface area contributed by atoms with Crippen LogP contribution in [-0.4, -0.2) is 23.4 Å². The minimum atomic E-state index is 0.350. The fraction of sp³-hybridized carbons (Fsp3) is 0.438. The number of nitrogens with one attached hydrogen (secondary N) is 1. The van der Waals surface area contributed by atoms with Gasteiger partial charge < -0.3 is 10.1 Å². The molecule has 4 nitrogen and oxygen atoms in total. The highest BCUT2D eigenvalue weighted by Crippen LogP contribution is 2.31. The Morgan fingerprint density at radius 3 is 3.10 bits per heavy atom. The average molecular weight is 271 g/mol. The van der Waals surface area contributed by atoms with Crippen LogP contribution in [0.4, 0.5) is 0 Å². The highest BCUT2D eigenvalue weighted by molar-refractivity contribution is 5.44. The van der Waals surface area contributed by atoms with Crippen LogP contribution in [0.2, 0.25) is 0 Å². The van der Waals surface area contributed by atoms with Crippen LogP contribution >= 0.6 is 0 Å². The summed E-state index contributed by atoms with van der Waals surface area (Å²) in [7, 11) is 1.75. The Kier molecular flexibility index (Phi) is 3.74. The number of methoxy groups -OCH3 is 1. The Bertz CT molecular complexity index is 591. The normalized spacial score (nSPS) is 17.8. The maximum atomic E-state index is 5.49. The molecule has 1 atom stereocenters. The molecule has 0 amide bonds. The number of ether oxygens (including phenoxy) is 1. The van der Waals surface area contributed by atoms with E-state index >= 15 is 0 Å². The summed E-state index contributed by atoms with van der Waals surface area (Å²) in [6.45, 7) is 4.03. The van der Waals surface area contributed by atoms with Gasteiger partial charge in [-0.25, -0.2) is 0 Å². The molecular weight excluding hydrogens is 250 g/mol. The first-order valence-corrected chi connectivity index (χ1v) is 7.22. The van der Waals surface area contributed by atoms with Crippen molar-refractivity contribution in [1.82, 2.24) is 15.1 Å². The minimum absolute atomic E-state index is 0.350. The number of fused-ring (bicyclic) bond motifs is 1. The Labute approximate surface area is 119 Å². The topological polar surface area (TPSA) is 39.1 Å². The summed E-state index contributed by atoms with van der Waals surface area (Å²) in [6, 6.07) is 6.69. The molecule has 0 radical (unpaired) electrons. The predicted octanol–water partition coefficient (Wildman–Crippen LogP) is 2.34. The molecule has 0 saturated heterocycles. The van der Waals surface area contributed by atoms with Gasteiger partial charge in [0.25, 0.3) is 0 Å². The van der Waals surface area contributed by atoms with Gasteiger partial charge in [0.05, 0.1) is 13.3 Å². The van der Waals surface area contributed by atoms with E-state index < -0.39 is 0 Å². The standard InChI is InChI=1S/C16H21N3O/c1-3-19-11-12(10-18-19)9-15-13-5-4-6-16(20-2)14(13)7-8-17-15/h4-6,10-11,15,17H,3,7-9H2,1-2H3. The first-order valence-electron chi connectivity index (χ1n) is 7.22. The lowest BCUT2D eigenvalue weighted by molar-refractivity contribution is 0.400. The lowest BCUT2D eigenvalue weighted by Gasteiger charge is -2.28. The number of aryl methyl sites for hydroxylation is 1. The van der Waals surface area contributed by atoms with Crippen LogP contribution in [0, 0.1) is 0 Å². The zero-order valence-corrected chi connectivity index (χ0v) is 12.1. The van der Waals surface area contributed by atoms with E-state index in [4.69, 9.17) is 4.74 Å². The highest BCUT2D eigenvalue weighted by Gasteiger charge is 2.22. The summed E-state index contributed by atoms with van der Waals surface area (Å²) in [6.07, 6.45) is 6.11. The van der Waals surface area contributed by atoms with E-state index in [-0.39, 0.29) is 0 Å². The van der Waals surface area contributed by atoms with E-state index in [1.807, 2.05) is 10.9 Å². The van der Waals surface area contributed by atoms with Crippen LogP contribution in [-0.2, 0) is 19.4 Å². The number of benzene rings is 1. The molecule has 1 aliphatic heterocycles. The molecule has 1 aliphatic rings. The third kappa shape index (κ3) is 2.43. The van der Waals surface area contributed by atoms with Gasteiger partial charge in [0.15, 0.2) is 0 Å². The molecule has 0 saturated carbocycles. The molecule has 0 bridgehead atoms. The van der Waals surface area contributed by atoms with Gasteiger partial charge in [-0.3, -0.25) is 4.68 Å². The van der Waals surface area contributed by atoms with E-state index in [0.29, 0.717) is 6.04 Å². The number of rotatable bonds is 4. The molecule has 4 heteroatoms. The van der Waals surface area contributed by atoms with Crippen molar-refractivity contribution in [2.75, 3.05) is 13.7 Å². The van der Waals surface area contributed by atoms with Crippen LogP contribution in [0.15, 0.2) is 30.6 Å². The summed E-state index contributed by atoms with van der Waals surface area (Å²) in [5, 5.41) is 7.96. The summed E-state index contributed by atoms with van der Waals surface area (Å²) >= 11 is 0. The molecule has 1 N–H and O–H groups in total. The van der Waals surface area contributed by atoms with Gasteiger partial charge in [-0.2, -0.15) is 5.10 Å². The van der Waals surface area contributed by atoms with E-state index in [1.165, 1.54) is 16.7 Å². The van der Waals surface area contributed by atoms with Gasteiger partial charge >= 0.3 is 0 Å². The van der Waals surface area contributed by atoms with Crippen LogP contribution < -0.4 is 10.1 Å². The highest BCUT2D eigenvalue weighted by atomic mass is 16.5. The first kappa shape index (κ1) is 13.2. The fourth-order valence-electron chi connectivity index (χ4n) is 2.95. The number of aromatic nitrogens is 2. The molecule has 1 aromatic heterocycles. The van der Waals surface area contributed by atoms with Crippen LogP contribution in [0.1, 0.15) is 29.7 Å². The summed E-state index contributed by atoms with van der Waals surface area (Å²) in [5.74, 6) is 1.01. The van der Waals surface area contributed by atoms with Gasteiger partial charge in [-0.05, 0) is 43.5 Å². The Balaban J connectivity index is 1.86. The summed E-state index contributed by atoms with van der Waals surface area (Å²) in [4.78, 5) is 0. The van der Waals surface area contributed by atoms with Crippen molar-refractivity contribution >= 4 is 0 Å². The number of hydrogen-bond acceptors (Lipinski definition) is 3. The Morgan fingerprint density at radius 2 is 2.35 bits per heavy atom. The molecule has 106 valence electrons. The van der Waals surface area contributed by atoms with E-state index in [2.05, 4.69) is 41.7 Å². The molecule has 20 heavy (non-hydrogen) atoms. The Morgan fingerprint density at radius 1 is 1.45 bits per heavy atom. The third-order valence-corrected chi connectivity index (χ3v) is 3.98. The van der Waals surface area contributed by atoms with Gasteiger partial charge in [-0.15, -0.1) is 0 Å². The van der Waals surface area contributed by atoms with Gasteiger partial charge in [0.1, 0.15) is 5.75 Å². The summed E-state index contributed by atoms with van der Waals surface area (Å²) < 4.78 is 7.47. The zero-order valence-electron chi connectivity index (χ0n) is 12.1. The number of hydrogen-bond donors (Lipinski definition) is 1. The molecule has 2 aromatic rings. The first-order chi connectivity index (χ1) is 9.81. The lowest BCUT2D eigenvalue weighted by Crippen LogP contribution is -2.31. The average Bonchev–Trinajstić information content (AvgIpc) is 2.95. The lowest BCUT2D eigenvalue weighted by atomic mass is 9.90. The van der Waals surface area contributed by atoms with Crippen molar-refractivity contribution in [3.8, 4) is 5.75 Å². The van der Waals surface area contributed by atoms with Crippen LogP contribution in [0.3, 0.4) is 0 Å². The maximum Gasteiger partial charge on any atom is 0.122 e. The molecule has 0 spiro atoms. The van der Waals surface area contributed by atoms with Gasteiger partial charge in [-0.1, -0.05) is 12.1 Å². The second kappa shape index (κ2) is 5.67. The molecule has 0 fully saturated rings. The van der Waals surface area contributed by atoms with Crippen molar-refractivity contribution in [3.63, 3.8) is 0 Å². The Hall–Kier alpha value is -1.81. The SMILES string of the molecule is CCn1cc(CC2NCCc3c(OC)cccc32)cn1. The monoisotopic (exact) mass is 271 g/mol. The molecule has 1 aromatic carbocycles. The van der Waals surface area contributed by atoms with Gasteiger partial charge in [0, 0.05) is 24.3 Å². The van der Waals surface area contributed by atoms with Crippen molar-refractivity contribution in [3.05, 3.63) is 47.3 Å². The fourth-order valence-corrected chi connectivity index (χ4v) is 2.95. The van der Waals surface area contributed by atoms with Crippen molar-refractivity contribution in [2.45, 2.75) is 32.4 Å². The van der Waals surface area contributed by atoms with Crippen molar-refractivity contribution < 1.29 is 4.74 Å². The van der Waals surface area contributed by atoms with Crippen LogP contribution in [0.5, 0.6) is 5.75 Å². The third-order valence-electron chi connectivity index (χ3n) is 3.98.